The molecule has 1 saturated heterocycles. The van der Waals surface area contributed by atoms with Crippen LogP contribution in [0.25, 0.3) is 0 Å². The number of hydrogen-bond donors (Lipinski definition) is 0. The lowest BCUT2D eigenvalue weighted by atomic mass is 10.2. The summed E-state index contributed by atoms with van der Waals surface area (Å²) in [7, 11) is 0. The molecule has 2 heterocycles. The highest BCUT2D eigenvalue weighted by molar-refractivity contribution is 9.11. The standard InChI is InChI=1S/C7H5Br2NO/c8-4-1-10-2-5(9)7(4)6-3-11-6/h1-2,6H,3H2/t6-/m1/s1. The van der Waals surface area contributed by atoms with Crippen LogP contribution in [-0.2, 0) is 4.74 Å². The molecule has 0 aliphatic carbocycles. The van der Waals surface area contributed by atoms with E-state index < -0.39 is 0 Å². The molecule has 1 aromatic heterocycles. The molecule has 0 N–H and O–H groups in total. The van der Waals surface area contributed by atoms with E-state index in [0.717, 1.165) is 15.6 Å². The van der Waals surface area contributed by atoms with E-state index in [1.807, 2.05) is 0 Å². The van der Waals surface area contributed by atoms with Gasteiger partial charge in [0.15, 0.2) is 0 Å². The van der Waals surface area contributed by atoms with Gasteiger partial charge in [0.2, 0.25) is 0 Å². The summed E-state index contributed by atoms with van der Waals surface area (Å²) < 4.78 is 7.19. The molecule has 2 nitrogen and oxygen atoms in total. The first-order valence-electron chi connectivity index (χ1n) is 3.19. The SMILES string of the molecule is Brc1cncc(Br)c1[C@H]1CO1. The topological polar surface area (TPSA) is 25.4 Å². The van der Waals surface area contributed by atoms with E-state index in [9.17, 15) is 0 Å². The highest BCUT2D eigenvalue weighted by atomic mass is 79.9. The van der Waals surface area contributed by atoms with E-state index in [1.54, 1.807) is 12.4 Å². The van der Waals surface area contributed by atoms with Crippen LogP contribution < -0.4 is 0 Å². The predicted molar refractivity (Wildman–Crippen MR) is 48.3 cm³/mol. The van der Waals surface area contributed by atoms with Crippen molar-refractivity contribution in [3.63, 3.8) is 0 Å². The Labute approximate surface area is 81.2 Å². The Balaban J connectivity index is 2.48. The van der Waals surface area contributed by atoms with Crippen LogP contribution in [0.3, 0.4) is 0 Å². The summed E-state index contributed by atoms with van der Waals surface area (Å²) in [6.45, 7) is 0.821. The van der Waals surface area contributed by atoms with Crippen LogP contribution in [0.15, 0.2) is 21.3 Å². The van der Waals surface area contributed by atoms with Gasteiger partial charge in [-0.05, 0) is 31.9 Å². The van der Waals surface area contributed by atoms with Crippen molar-refractivity contribution in [1.82, 2.24) is 4.98 Å². The zero-order valence-corrected chi connectivity index (χ0v) is 8.72. The highest BCUT2D eigenvalue weighted by Crippen LogP contribution is 2.38. The summed E-state index contributed by atoms with van der Waals surface area (Å²) in [5, 5.41) is 0. The molecule has 1 aliphatic rings. The normalized spacial score (nSPS) is 21.8. The van der Waals surface area contributed by atoms with Crippen molar-refractivity contribution in [2.24, 2.45) is 0 Å². The quantitative estimate of drug-likeness (QED) is 0.738. The van der Waals surface area contributed by atoms with E-state index in [0.29, 0.717) is 0 Å². The summed E-state index contributed by atoms with van der Waals surface area (Å²) in [6.07, 6.45) is 3.82. The number of ether oxygens (including phenoxy) is 1. The fourth-order valence-corrected chi connectivity index (χ4v) is 2.38. The molecule has 1 aliphatic heterocycles. The van der Waals surface area contributed by atoms with Gasteiger partial charge in [0.05, 0.1) is 6.61 Å². The van der Waals surface area contributed by atoms with Crippen molar-refractivity contribution in [1.29, 1.82) is 0 Å². The Morgan fingerprint density at radius 1 is 1.36 bits per heavy atom. The van der Waals surface area contributed by atoms with Gasteiger partial charge in [-0.1, -0.05) is 0 Å². The molecule has 0 saturated carbocycles. The molecule has 4 heteroatoms. The van der Waals surface area contributed by atoms with Gasteiger partial charge in [0, 0.05) is 26.9 Å². The van der Waals surface area contributed by atoms with Crippen LogP contribution in [0.1, 0.15) is 11.7 Å². The number of aromatic nitrogens is 1. The van der Waals surface area contributed by atoms with E-state index >= 15 is 0 Å². The maximum Gasteiger partial charge on any atom is 0.108 e. The Bertz CT molecular complexity index is 266. The summed E-state index contributed by atoms with van der Waals surface area (Å²) in [4.78, 5) is 4.01. The monoisotopic (exact) mass is 277 g/mol. The van der Waals surface area contributed by atoms with Gasteiger partial charge in [-0.3, -0.25) is 4.98 Å². The van der Waals surface area contributed by atoms with Crippen molar-refractivity contribution in [2.75, 3.05) is 6.61 Å². The van der Waals surface area contributed by atoms with Gasteiger partial charge in [-0.25, -0.2) is 0 Å². The second-order valence-corrected chi connectivity index (χ2v) is 4.05. The summed E-state index contributed by atoms with van der Waals surface area (Å²) in [5.41, 5.74) is 1.17. The Morgan fingerprint density at radius 3 is 2.36 bits per heavy atom. The summed E-state index contributed by atoms with van der Waals surface area (Å²) in [5.74, 6) is 0. The first kappa shape index (κ1) is 7.71. The number of epoxide rings is 1. The molecule has 11 heavy (non-hydrogen) atoms. The third kappa shape index (κ3) is 1.48. The molecule has 0 aromatic carbocycles. The van der Waals surface area contributed by atoms with Crippen molar-refractivity contribution >= 4 is 31.9 Å². The van der Waals surface area contributed by atoms with Crippen molar-refractivity contribution < 1.29 is 4.74 Å². The summed E-state index contributed by atoms with van der Waals surface area (Å²) in [6, 6.07) is 0. The third-order valence-corrected chi connectivity index (χ3v) is 2.81. The Hall–Kier alpha value is 0.0700. The number of rotatable bonds is 1. The second kappa shape index (κ2) is 2.84. The van der Waals surface area contributed by atoms with Crippen LogP contribution in [-0.4, -0.2) is 11.6 Å². The predicted octanol–water partition coefficient (Wildman–Crippen LogP) is 2.68. The molecule has 1 aromatic rings. The number of nitrogens with zero attached hydrogens (tertiary/aromatic N) is 1. The van der Waals surface area contributed by atoms with Crippen LogP contribution in [0.4, 0.5) is 0 Å². The number of hydrogen-bond acceptors (Lipinski definition) is 2. The molecule has 0 unspecified atom stereocenters. The molecule has 0 radical (unpaired) electrons. The molecule has 0 spiro atoms. The minimum absolute atomic E-state index is 0.266. The number of pyridine rings is 1. The van der Waals surface area contributed by atoms with Crippen LogP contribution in [0.2, 0.25) is 0 Å². The highest BCUT2D eigenvalue weighted by Gasteiger charge is 2.28. The lowest BCUT2D eigenvalue weighted by Gasteiger charge is -2.01. The van der Waals surface area contributed by atoms with Crippen molar-refractivity contribution in [2.45, 2.75) is 6.10 Å². The van der Waals surface area contributed by atoms with E-state index in [-0.39, 0.29) is 6.10 Å². The molecule has 0 bridgehead atoms. The number of halogens is 2. The van der Waals surface area contributed by atoms with Gasteiger partial charge in [-0.2, -0.15) is 0 Å². The van der Waals surface area contributed by atoms with Crippen molar-refractivity contribution in [3.05, 3.63) is 26.9 Å². The van der Waals surface area contributed by atoms with Crippen LogP contribution in [0.5, 0.6) is 0 Å². The average Bonchev–Trinajstić information content (AvgIpc) is 2.70. The lowest BCUT2D eigenvalue weighted by Crippen LogP contribution is -1.86. The average molecular weight is 279 g/mol. The minimum Gasteiger partial charge on any atom is -0.368 e. The molecule has 1 atom stereocenters. The van der Waals surface area contributed by atoms with Gasteiger partial charge < -0.3 is 4.74 Å². The van der Waals surface area contributed by atoms with Crippen LogP contribution in [0, 0.1) is 0 Å². The van der Waals surface area contributed by atoms with E-state index in [2.05, 4.69) is 36.8 Å². The molecule has 58 valence electrons. The fraction of sp³-hybridized carbons (Fsp3) is 0.286. The summed E-state index contributed by atoms with van der Waals surface area (Å²) >= 11 is 6.83. The van der Waals surface area contributed by atoms with Gasteiger partial charge in [0.25, 0.3) is 0 Å². The zero-order chi connectivity index (χ0) is 7.84. The van der Waals surface area contributed by atoms with Crippen LogP contribution >= 0.6 is 31.9 Å². The molecular weight excluding hydrogens is 274 g/mol. The zero-order valence-electron chi connectivity index (χ0n) is 5.55. The molecule has 2 rings (SSSR count). The largest absolute Gasteiger partial charge is 0.368 e. The molecule has 0 amide bonds. The Kier molecular flexibility index (Phi) is 1.99. The third-order valence-electron chi connectivity index (χ3n) is 1.55. The Morgan fingerprint density at radius 2 is 1.91 bits per heavy atom. The maximum absolute atomic E-state index is 5.17. The molecular formula is C7H5Br2NO. The first-order valence-corrected chi connectivity index (χ1v) is 4.78. The smallest absolute Gasteiger partial charge is 0.108 e. The van der Waals surface area contributed by atoms with E-state index in [4.69, 9.17) is 4.74 Å². The maximum atomic E-state index is 5.17. The van der Waals surface area contributed by atoms with Gasteiger partial charge >= 0.3 is 0 Å². The second-order valence-electron chi connectivity index (χ2n) is 2.34. The lowest BCUT2D eigenvalue weighted by molar-refractivity contribution is 0.414. The van der Waals surface area contributed by atoms with Gasteiger partial charge in [-0.15, -0.1) is 0 Å². The van der Waals surface area contributed by atoms with E-state index in [1.165, 1.54) is 5.56 Å². The minimum atomic E-state index is 0.266. The van der Waals surface area contributed by atoms with Gasteiger partial charge in [0.1, 0.15) is 6.10 Å². The molecule has 1 fully saturated rings. The fourth-order valence-electron chi connectivity index (χ4n) is 0.944. The van der Waals surface area contributed by atoms with Crippen molar-refractivity contribution in [3.8, 4) is 0 Å². The first-order chi connectivity index (χ1) is 5.29.